The SMILES string of the molecule is NC(=O)C1CCN(c2cc(F)c(C(=O)O)cc2N)CC1. The van der Waals surface area contributed by atoms with Crippen molar-refractivity contribution in [2.45, 2.75) is 12.8 Å². The first-order valence-electron chi connectivity index (χ1n) is 6.26. The van der Waals surface area contributed by atoms with E-state index >= 15 is 0 Å². The third-order valence-corrected chi connectivity index (χ3v) is 3.58. The summed E-state index contributed by atoms with van der Waals surface area (Å²) in [5.41, 5.74) is 11.3. The van der Waals surface area contributed by atoms with Crippen molar-refractivity contribution in [3.63, 3.8) is 0 Å². The Labute approximate surface area is 115 Å². The molecule has 1 aromatic rings. The van der Waals surface area contributed by atoms with Gasteiger partial charge in [0, 0.05) is 25.1 Å². The van der Waals surface area contributed by atoms with E-state index in [-0.39, 0.29) is 17.5 Å². The maximum absolute atomic E-state index is 13.7. The first-order chi connectivity index (χ1) is 9.40. The number of nitrogens with zero attached hydrogens (tertiary/aromatic N) is 1. The van der Waals surface area contributed by atoms with Crippen LogP contribution in [0.5, 0.6) is 0 Å². The minimum absolute atomic E-state index is 0.171. The smallest absolute Gasteiger partial charge is 0.338 e. The minimum Gasteiger partial charge on any atom is -0.478 e. The standard InChI is InChI=1S/C13H16FN3O3/c14-9-6-11(10(15)5-8(9)13(19)20)17-3-1-7(2-4-17)12(16)18/h5-7H,1-4,15H2,(H2,16,18)(H,19,20). The number of hydrogen-bond donors (Lipinski definition) is 3. The van der Waals surface area contributed by atoms with E-state index in [0.717, 1.165) is 12.1 Å². The molecule has 108 valence electrons. The van der Waals surface area contributed by atoms with E-state index < -0.39 is 17.3 Å². The zero-order chi connectivity index (χ0) is 14.9. The molecule has 0 aromatic heterocycles. The van der Waals surface area contributed by atoms with Crippen LogP contribution in [0.25, 0.3) is 0 Å². The molecule has 0 aliphatic carbocycles. The molecule has 6 nitrogen and oxygen atoms in total. The number of rotatable bonds is 3. The molecule has 20 heavy (non-hydrogen) atoms. The third-order valence-electron chi connectivity index (χ3n) is 3.58. The maximum atomic E-state index is 13.7. The summed E-state index contributed by atoms with van der Waals surface area (Å²) in [6, 6.07) is 2.25. The van der Waals surface area contributed by atoms with Crippen LogP contribution in [-0.4, -0.2) is 30.1 Å². The molecule has 0 saturated carbocycles. The molecular weight excluding hydrogens is 265 g/mol. The number of aromatic carboxylic acids is 1. The van der Waals surface area contributed by atoms with Crippen molar-refractivity contribution in [2.24, 2.45) is 11.7 Å². The largest absolute Gasteiger partial charge is 0.478 e. The van der Waals surface area contributed by atoms with Gasteiger partial charge in [-0.15, -0.1) is 0 Å². The van der Waals surface area contributed by atoms with Crippen LogP contribution in [0, 0.1) is 11.7 Å². The zero-order valence-corrected chi connectivity index (χ0v) is 10.8. The van der Waals surface area contributed by atoms with Crippen molar-refractivity contribution in [3.8, 4) is 0 Å². The minimum atomic E-state index is -1.35. The van der Waals surface area contributed by atoms with Gasteiger partial charge in [0.05, 0.1) is 16.9 Å². The monoisotopic (exact) mass is 281 g/mol. The second-order valence-corrected chi connectivity index (χ2v) is 4.86. The van der Waals surface area contributed by atoms with Gasteiger partial charge in [-0.25, -0.2) is 9.18 Å². The Bertz CT molecular complexity index is 554. The Balaban J connectivity index is 2.20. The molecule has 0 unspecified atom stereocenters. The first kappa shape index (κ1) is 14.1. The van der Waals surface area contributed by atoms with Crippen LogP contribution >= 0.6 is 0 Å². The summed E-state index contributed by atoms with van der Waals surface area (Å²) < 4.78 is 13.7. The number of nitrogen functional groups attached to an aromatic ring is 1. The van der Waals surface area contributed by atoms with E-state index in [1.165, 1.54) is 0 Å². The van der Waals surface area contributed by atoms with Crippen LogP contribution in [-0.2, 0) is 4.79 Å². The van der Waals surface area contributed by atoms with Gasteiger partial charge in [0.25, 0.3) is 0 Å². The third kappa shape index (κ3) is 2.66. The number of benzene rings is 1. The van der Waals surface area contributed by atoms with Gasteiger partial charge >= 0.3 is 5.97 Å². The van der Waals surface area contributed by atoms with Gasteiger partial charge in [-0.1, -0.05) is 0 Å². The molecule has 1 aromatic carbocycles. The number of amides is 1. The molecule has 1 fully saturated rings. The lowest BCUT2D eigenvalue weighted by molar-refractivity contribution is -0.122. The molecule has 1 saturated heterocycles. The van der Waals surface area contributed by atoms with Crippen molar-refractivity contribution in [2.75, 3.05) is 23.7 Å². The van der Waals surface area contributed by atoms with Crippen molar-refractivity contribution in [3.05, 3.63) is 23.5 Å². The molecular formula is C13H16FN3O3. The van der Waals surface area contributed by atoms with Crippen LogP contribution < -0.4 is 16.4 Å². The number of nitrogens with two attached hydrogens (primary N) is 2. The Hall–Kier alpha value is -2.31. The number of primary amides is 1. The average molecular weight is 281 g/mol. The molecule has 0 radical (unpaired) electrons. The lowest BCUT2D eigenvalue weighted by Crippen LogP contribution is -2.38. The number of halogens is 1. The Morgan fingerprint density at radius 2 is 1.90 bits per heavy atom. The van der Waals surface area contributed by atoms with Crippen LogP contribution in [0.4, 0.5) is 15.8 Å². The molecule has 5 N–H and O–H groups in total. The topological polar surface area (TPSA) is 110 Å². The highest BCUT2D eigenvalue weighted by Gasteiger charge is 2.25. The van der Waals surface area contributed by atoms with Gasteiger partial charge in [-0.3, -0.25) is 4.79 Å². The summed E-state index contributed by atoms with van der Waals surface area (Å²) in [4.78, 5) is 23.7. The summed E-state index contributed by atoms with van der Waals surface area (Å²) in [7, 11) is 0. The van der Waals surface area contributed by atoms with Crippen LogP contribution in [0.1, 0.15) is 23.2 Å². The molecule has 0 atom stereocenters. The number of carbonyl (C=O) groups is 2. The lowest BCUT2D eigenvalue weighted by atomic mass is 9.95. The lowest BCUT2D eigenvalue weighted by Gasteiger charge is -2.33. The number of carboxylic acid groups (broad SMARTS) is 1. The van der Waals surface area contributed by atoms with Crippen molar-refractivity contribution < 1.29 is 19.1 Å². The number of carboxylic acids is 1. The van der Waals surface area contributed by atoms with Gasteiger partial charge < -0.3 is 21.5 Å². The van der Waals surface area contributed by atoms with Gasteiger partial charge in [0.15, 0.2) is 0 Å². The highest BCUT2D eigenvalue weighted by atomic mass is 19.1. The van der Waals surface area contributed by atoms with Crippen molar-refractivity contribution in [1.29, 1.82) is 0 Å². The van der Waals surface area contributed by atoms with Crippen molar-refractivity contribution >= 4 is 23.3 Å². The fourth-order valence-electron chi connectivity index (χ4n) is 2.42. The Morgan fingerprint density at radius 3 is 2.40 bits per heavy atom. The normalized spacial score (nSPS) is 16.1. The fourth-order valence-corrected chi connectivity index (χ4v) is 2.42. The summed E-state index contributed by atoms with van der Waals surface area (Å²) in [6.07, 6.45) is 1.16. The summed E-state index contributed by atoms with van der Waals surface area (Å²) in [5, 5.41) is 8.83. The van der Waals surface area contributed by atoms with Crippen LogP contribution in [0.2, 0.25) is 0 Å². The van der Waals surface area contributed by atoms with Gasteiger partial charge in [-0.05, 0) is 18.9 Å². The number of piperidine rings is 1. The molecule has 1 aliphatic rings. The van der Waals surface area contributed by atoms with E-state index in [0.29, 0.717) is 31.6 Å². The van der Waals surface area contributed by atoms with Crippen molar-refractivity contribution in [1.82, 2.24) is 0 Å². The van der Waals surface area contributed by atoms with Gasteiger partial charge in [-0.2, -0.15) is 0 Å². The fraction of sp³-hybridized carbons (Fsp3) is 0.385. The van der Waals surface area contributed by atoms with E-state index in [1.54, 1.807) is 0 Å². The number of carbonyl (C=O) groups excluding carboxylic acids is 1. The van der Waals surface area contributed by atoms with Crippen LogP contribution in [0.3, 0.4) is 0 Å². The first-order valence-corrected chi connectivity index (χ1v) is 6.26. The van der Waals surface area contributed by atoms with Crippen LogP contribution in [0.15, 0.2) is 12.1 Å². The summed E-state index contributed by atoms with van der Waals surface area (Å²) in [5.74, 6) is -2.67. The average Bonchev–Trinajstić information content (AvgIpc) is 2.40. The molecule has 1 aliphatic heterocycles. The van der Waals surface area contributed by atoms with E-state index in [9.17, 15) is 14.0 Å². The second kappa shape index (κ2) is 5.36. The van der Waals surface area contributed by atoms with Gasteiger partial charge in [0.2, 0.25) is 5.91 Å². The zero-order valence-electron chi connectivity index (χ0n) is 10.8. The number of hydrogen-bond acceptors (Lipinski definition) is 4. The molecule has 2 rings (SSSR count). The summed E-state index contributed by atoms with van der Waals surface area (Å²) >= 11 is 0. The van der Waals surface area contributed by atoms with Gasteiger partial charge in [0.1, 0.15) is 5.82 Å². The Morgan fingerprint density at radius 1 is 1.30 bits per heavy atom. The predicted molar refractivity (Wildman–Crippen MR) is 71.9 cm³/mol. The summed E-state index contributed by atoms with van der Waals surface area (Å²) in [6.45, 7) is 1.06. The Kier molecular flexibility index (Phi) is 3.78. The number of anilines is 2. The van der Waals surface area contributed by atoms with E-state index in [2.05, 4.69) is 0 Å². The predicted octanol–water partition coefficient (Wildman–Crippen LogP) is 0.808. The quantitative estimate of drug-likeness (QED) is 0.710. The highest BCUT2D eigenvalue weighted by molar-refractivity contribution is 5.91. The molecule has 0 bridgehead atoms. The van der Waals surface area contributed by atoms with E-state index in [4.69, 9.17) is 16.6 Å². The maximum Gasteiger partial charge on any atom is 0.338 e. The van der Waals surface area contributed by atoms with E-state index in [1.807, 2.05) is 4.90 Å². The molecule has 1 amide bonds. The molecule has 7 heteroatoms. The molecule has 0 spiro atoms. The molecule has 1 heterocycles. The second-order valence-electron chi connectivity index (χ2n) is 4.86. The highest BCUT2D eigenvalue weighted by Crippen LogP contribution is 2.30.